The lowest BCUT2D eigenvalue weighted by Crippen LogP contribution is -2.28. The summed E-state index contributed by atoms with van der Waals surface area (Å²) in [6.45, 7) is 3.63. The van der Waals surface area contributed by atoms with Crippen LogP contribution in [0.1, 0.15) is 20.3 Å². The van der Waals surface area contributed by atoms with Crippen molar-refractivity contribution in [2.75, 3.05) is 6.61 Å². The Balaban J connectivity index is 2.94. The molecule has 2 unspecified atom stereocenters. The molecule has 0 aromatic heterocycles. The molecule has 1 aromatic rings. The van der Waals surface area contributed by atoms with Crippen molar-refractivity contribution in [3.05, 3.63) is 30.1 Å². The highest BCUT2D eigenvalue weighted by atomic mass is 32.2. The lowest BCUT2D eigenvalue weighted by Gasteiger charge is -2.13. The van der Waals surface area contributed by atoms with Crippen LogP contribution in [0.15, 0.2) is 29.2 Å². The Morgan fingerprint density at radius 3 is 2.59 bits per heavy atom. The number of carbonyl (C=O) groups excluding carboxylic acids is 1. The fourth-order valence-corrected chi connectivity index (χ4v) is 2.73. The lowest BCUT2D eigenvalue weighted by atomic mass is 10.3. The van der Waals surface area contributed by atoms with E-state index in [1.165, 1.54) is 18.2 Å². The van der Waals surface area contributed by atoms with Crippen molar-refractivity contribution in [3.63, 3.8) is 0 Å². The van der Waals surface area contributed by atoms with Crippen LogP contribution in [0.4, 0.5) is 4.39 Å². The van der Waals surface area contributed by atoms with E-state index in [1.54, 1.807) is 19.9 Å². The van der Waals surface area contributed by atoms with Gasteiger partial charge in [-0.15, -0.1) is 0 Å². The second kappa shape index (κ2) is 6.49. The van der Waals surface area contributed by atoms with Gasteiger partial charge in [0, 0.05) is 0 Å². The standard InChI is InChI=1S/C12H15FO3S/c1-3-10(12(14)16-4-2)17(15)11-8-6-5-7-9(11)13/h5-8,10H,3-4H2,1-2H3. The van der Waals surface area contributed by atoms with E-state index in [0.29, 0.717) is 6.42 Å². The molecule has 0 aliphatic heterocycles. The minimum Gasteiger partial charge on any atom is -0.465 e. The third-order valence-electron chi connectivity index (χ3n) is 2.23. The van der Waals surface area contributed by atoms with E-state index < -0.39 is 27.8 Å². The maximum atomic E-state index is 13.4. The average Bonchev–Trinajstić information content (AvgIpc) is 2.30. The molecule has 0 saturated heterocycles. The Morgan fingerprint density at radius 2 is 2.06 bits per heavy atom. The molecule has 0 saturated carbocycles. The van der Waals surface area contributed by atoms with Crippen LogP contribution in [0, 0.1) is 5.82 Å². The molecular weight excluding hydrogens is 243 g/mol. The monoisotopic (exact) mass is 258 g/mol. The van der Waals surface area contributed by atoms with E-state index in [1.807, 2.05) is 0 Å². The average molecular weight is 258 g/mol. The Kier molecular flexibility index (Phi) is 5.28. The molecule has 0 spiro atoms. The van der Waals surface area contributed by atoms with Crippen molar-refractivity contribution in [2.45, 2.75) is 30.4 Å². The third-order valence-corrected chi connectivity index (χ3v) is 4.04. The van der Waals surface area contributed by atoms with Gasteiger partial charge in [0.15, 0.2) is 0 Å². The molecule has 0 aliphatic carbocycles. The summed E-state index contributed by atoms with van der Waals surface area (Å²) in [7, 11) is -1.71. The zero-order valence-corrected chi connectivity index (χ0v) is 10.6. The molecule has 0 radical (unpaired) electrons. The third kappa shape index (κ3) is 3.36. The van der Waals surface area contributed by atoms with Crippen molar-refractivity contribution in [1.29, 1.82) is 0 Å². The summed E-state index contributed by atoms with van der Waals surface area (Å²) in [5.41, 5.74) is 0. The Hall–Kier alpha value is -1.23. The van der Waals surface area contributed by atoms with Crippen LogP contribution in [0.5, 0.6) is 0 Å². The molecule has 3 nitrogen and oxygen atoms in total. The number of rotatable bonds is 5. The summed E-state index contributed by atoms with van der Waals surface area (Å²) in [6, 6.07) is 5.76. The Bertz CT molecular complexity index is 420. The zero-order chi connectivity index (χ0) is 12.8. The molecule has 1 rings (SSSR count). The minimum absolute atomic E-state index is 0.0485. The van der Waals surface area contributed by atoms with Crippen molar-refractivity contribution in [2.24, 2.45) is 0 Å². The normalized spacial score (nSPS) is 14.1. The fraction of sp³-hybridized carbons (Fsp3) is 0.417. The maximum absolute atomic E-state index is 13.4. The van der Waals surface area contributed by atoms with Gasteiger partial charge < -0.3 is 4.74 Å². The van der Waals surface area contributed by atoms with E-state index in [4.69, 9.17) is 4.74 Å². The summed E-state index contributed by atoms with van der Waals surface area (Å²) in [5.74, 6) is -1.11. The van der Waals surface area contributed by atoms with E-state index in [-0.39, 0.29) is 11.5 Å². The topological polar surface area (TPSA) is 43.4 Å². The summed E-state index contributed by atoms with van der Waals surface area (Å²) in [5, 5.41) is -0.813. The smallest absolute Gasteiger partial charge is 0.322 e. The molecule has 0 heterocycles. The van der Waals surface area contributed by atoms with Gasteiger partial charge in [0.05, 0.1) is 22.3 Å². The van der Waals surface area contributed by atoms with Crippen LogP contribution in [-0.2, 0) is 20.3 Å². The molecule has 94 valence electrons. The predicted molar refractivity (Wildman–Crippen MR) is 63.5 cm³/mol. The molecule has 0 aliphatic rings. The first-order chi connectivity index (χ1) is 8.11. The van der Waals surface area contributed by atoms with Crippen molar-refractivity contribution >= 4 is 16.8 Å². The van der Waals surface area contributed by atoms with E-state index in [2.05, 4.69) is 0 Å². The number of benzene rings is 1. The summed E-state index contributed by atoms with van der Waals surface area (Å²) in [4.78, 5) is 11.6. The molecule has 0 amide bonds. The molecule has 0 bridgehead atoms. The molecule has 0 fully saturated rings. The van der Waals surface area contributed by atoms with Gasteiger partial charge in [0.2, 0.25) is 0 Å². The number of hydrogen-bond acceptors (Lipinski definition) is 3. The molecule has 0 N–H and O–H groups in total. The predicted octanol–water partition coefficient (Wildman–Crippen LogP) is 2.28. The van der Waals surface area contributed by atoms with Crippen LogP contribution in [0.2, 0.25) is 0 Å². The molecule has 5 heteroatoms. The quantitative estimate of drug-likeness (QED) is 0.761. The Morgan fingerprint density at radius 1 is 1.41 bits per heavy atom. The van der Waals surface area contributed by atoms with E-state index in [9.17, 15) is 13.4 Å². The van der Waals surface area contributed by atoms with E-state index >= 15 is 0 Å². The first-order valence-electron chi connectivity index (χ1n) is 5.43. The van der Waals surface area contributed by atoms with Crippen LogP contribution >= 0.6 is 0 Å². The summed E-state index contributed by atoms with van der Waals surface area (Å²) in [6.07, 6.45) is 0.347. The van der Waals surface area contributed by atoms with Gasteiger partial charge in [-0.25, -0.2) is 4.39 Å². The first-order valence-corrected chi connectivity index (χ1v) is 6.64. The van der Waals surface area contributed by atoms with Gasteiger partial charge in [-0.2, -0.15) is 0 Å². The zero-order valence-electron chi connectivity index (χ0n) is 9.81. The minimum atomic E-state index is -1.71. The number of ether oxygens (including phenoxy) is 1. The highest BCUT2D eigenvalue weighted by Gasteiger charge is 2.27. The highest BCUT2D eigenvalue weighted by Crippen LogP contribution is 2.18. The van der Waals surface area contributed by atoms with Crippen LogP contribution in [0.25, 0.3) is 0 Å². The van der Waals surface area contributed by atoms with E-state index in [0.717, 1.165) is 0 Å². The van der Waals surface area contributed by atoms with Gasteiger partial charge in [-0.05, 0) is 25.5 Å². The summed E-state index contributed by atoms with van der Waals surface area (Å²) < 4.78 is 30.3. The lowest BCUT2D eigenvalue weighted by molar-refractivity contribution is -0.142. The van der Waals surface area contributed by atoms with Crippen molar-refractivity contribution in [1.82, 2.24) is 0 Å². The van der Waals surface area contributed by atoms with Crippen LogP contribution in [0.3, 0.4) is 0 Å². The van der Waals surface area contributed by atoms with Crippen molar-refractivity contribution < 1.29 is 18.1 Å². The van der Waals surface area contributed by atoms with Crippen LogP contribution < -0.4 is 0 Å². The van der Waals surface area contributed by atoms with Crippen molar-refractivity contribution in [3.8, 4) is 0 Å². The number of esters is 1. The van der Waals surface area contributed by atoms with Gasteiger partial charge in [0.1, 0.15) is 11.1 Å². The SMILES string of the molecule is CCOC(=O)C(CC)S(=O)c1ccccc1F. The fourth-order valence-electron chi connectivity index (χ4n) is 1.40. The largest absolute Gasteiger partial charge is 0.465 e. The highest BCUT2D eigenvalue weighted by molar-refractivity contribution is 7.86. The molecule has 2 atom stereocenters. The molecule has 17 heavy (non-hydrogen) atoms. The van der Waals surface area contributed by atoms with Crippen LogP contribution in [-0.4, -0.2) is 22.0 Å². The summed E-state index contributed by atoms with van der Waals surface area (Å²) >= 11 is 0. The maximum Gasteiger partial charge on any atom is 0.322 e. The Labute approximate surface area is 102 Å². The first kappa shape index (κ1) is 13.8. The number of carbonyl (C=O) groups is 1. The second-order valence-corrected chi connectivity index (χ2v) is 4.98. The van der Waals surface area contributed by atoms with Gasteiger partial charge in [-0.3, -0.25) is 9.00 Å². The second-order valence-electron chi connectivity index (χ2n) is 3.38. The van der Waals surface area contributed by atoms with Gasteiger partial charge >= 0.3 is 5.97 Å². The molecule has 1 aromatic carbocycles. The van der Waals surface area contributed by atoms with Gasteiger partial charge in [-0.1, -0.05) is 19.1 Å². The molecular formula is C12H15FO3S. The number of hydrogen-bond donors (Lipinski definition) is 0. The van der Waals surface area contributed by atoms with Gasteiger partial charge in [0.25, 0.3) is 0 Å². The number of halogens is 1.